The highest BCUT2D eigenvalue weighted by molar-refractivity contribution is 5.78. The van der Waals surface area contributed by atoms with Crippen LogP contribution in [0.2, 0.25) is 0 Å². The average molecular weight is 329 g/mol. The molecule has 2 aromatic rings. The summed E-state index contributed by atoms with van der Waals surface area (Å²) in [4.78, 5) is 7.34. The summed E-state index contributed by atoms with van der Waals surface area (Å²) >= 11 is 0. The Kier molecular flexibility index (Phi) is 4.96. The Balaban J connectivity index is 1.52. The van der Waals surface area contributed by atoms with E-state index in [9.17, 15) is 0 Å². The Hall–Kier alpha value is -1.63. The second-order valence-corrected chi connectivity index (χ2v) is 6.70. The Morgan fingerprint density at radius 1 is 1.12 bits per heavy atom. The van der Waals surface area contributed by atoms with Crippen molar-refractivity contribution >= 4 is 17.0 Å². The van der Waals surface area contributed by atoms with Crippen LogP contribution >= 0.6 is 0 Å². The molecule has 0 atom stereocenters. The van der Waals surface area contributed by atoms with Crippen molar-refractivity contribution in [3.63, 3.8) is 0 Å². The number of rotatable bonds is 5. The summed E-state index contributed by atoms with van der Waals surface area (Å²) in [6.07, 6.45) is 2.32. The molecule has 6 nitrogen and oxygen atoms in total. The lowest BCUT2D eigenvalue weighted by Crippen LogP contribution is -2.38. The average Bonchev–Trinajstić information content (AvgIpc) is 2.99. The van der Waals surface area contributed by atoms with Crippen LogP contribution in [0.3, 0.4) is 0 Å². The van der Waals surface area contributed by atoms with E-state index in [1.165, 1.54) is 5.52 Å². The first-order chi connectivity index (χ1) is 11.9. The van der Waals surface area contributed by atoms with Crippen molar-refractivity contribution in [1.82, 2.24) is 19.8 Å². The number of aromatic nitrogens is 2. The van der Waals surface area contributed by atoms with Crippen LogP contribution in [0.25, 0.3) is 11.0 Å². The molecule has 2 aliphatic heterocycles. The summed E-state index contributed by atoms with van der Waals surface area (Å²) in [7, 11) is 0. The van der Waals surface area contributed by atoms with Crippen molar-refractivity contribution in [3.05, 3.63) is 24.3 Å². The molecule has 24 heavy (non-hydrogen) atoms. The van der Waals surface area contributed by atoms with Crippen LogP contribution in [-0.2, 0) is 11.3 Å². The van der Waals surface area contributed by atoms with Gasteiger partial charge in [0.2, 0.25) is 5.95 Å². The number of hydrogen-bond donors (Lipinski definition) is 2. The van der Waals surface area contributed by atoms with Crippen molar-refractivity contribution in [1.29, 1.82) is 0 Å². The van der Waals surface area contributed by atoms with Crippen LogP contribution in [-0.4, -0.2) is 66.4 Å². The van der Waals surface area contributed by atoms with E-state index in [2.05, 4.69) is 44.4 Å². The number of anilines is 1. The van der Waals surface area contributed by atoms with Gasteiger partial charge < -0.3 is 19.9 Å². The van der Waals surface area contributed by atoms with Crippen LogP contribution in [0.4, 0.5) is 5.95 Å². The van der Waals surface area contributed by atoms with Gasteiger partial charge in [0.05, 0.1) is 24.2 Å². The van der Waals surface area contributed by atoms with E-state index in [1.54, 1.807) is 0 Å². The molecule has 0 aliphatic carbocycles. The fourth-order valence-electron chi connectivity index (χ4n) is 3.63. The molecule has 0 saturated carbocycles. The van der Waals surface area contributed by atoms with Gasteiger partial charge in [-0.3, -0.25) is 4.90 Å². The Bertz CT molecular complexity index is 658. The molecule has 0 radical (unpaired) electrons. The van der Waals surface area contributed by atoms with E-state index in [-0.39, 0.29) is 0 Å². The minimum atomic E-state index is 0.519. The molecule has 130 valence electrons. The maximum absolute atomic E-state index is 5.45. The largest absolute Gasteiger partial charge is 0.379 e. The maximum atomic E-state index is 5.45. The highest BCUT2D eigenvalue weighted by Crippen LogP contribution is 2.21. The highest BCUT2D eigenvalue weighted by atomic mass is 16.5. The molecule has 2 fully saturated rings. The van der Waals surface area contributed by atoms with E-state index >= 15 is 0 Å². The molecule has 0 unspecified atom stereocenters. The monoisotopic (exact) mass is 329 g/mol. The summed E-state index contributed by atoms with van der Waals surface area (Å²) < 4.78 is 7.81. The lowest BCUT2D eigenvalue weighted by molar-refractivity contribution is 0.0366. The van der Waals surface area contributed by atoms with Gasteiger partial charge in [0.15, 0.2) is 0 Å². The maximum Gasteiger partial charge on any atom is 0.204 e. The smallest absolute Gasteiger partial charge is 0.204 e. The molecular formula is C18H27N5O. The summed E-state index contributed by atoms with van der Waals surface area (Å²) in [6, 6.07) is 8.97. The van der Waals surface area contributed by atoms with E-state index < -0.39 is 0 Å². The number of fused-ring (bicyclic) bond motifs is 1. The van der Waals surface area contributed by atoms with E-state index in [0.29, 0.717) is 6.04 Å². The van der Waals surface area contributed by atoms with Gasteiger partial charge in [-0.1, -0.05) is 12.1 Å². The molecule has 6 heteroatoms. The van der Waals surface area contributed by atoms with Crippen molar-refractivity contribution in [3.8, 4) is 0 Å². The summed E-state index contributed by atoms with van der Waals surface area (Å²) in [5, 5.41) is 7.12. The zero-order valence-corrected chi connectivity index (χ0v) is 14.2. The lowest BCUT2D eigenvalue weighted by atomic mass is 10.1. The fourth-order valence-corrected chi connectivity index (χ4v) is 3.63. The first-order valence-corrected chi connectivity index (χ1v) is 9.13. The molecule has 4 rings (SSSR count). The molecule has 2 saturated heterocycles. The molecule has 3 heterocycles. The van der Waals surface area contributed by atoms with E-state index in [1.807, 2.05) is 0 Å². The number of morpholine rings is 1. The van der Waals surface area contributed by atoms with Gasteiger partial charge in [-0.05, 0) is 38.1 Å². The van der Waals surface area contributed by atoms with Crippen molar-refractivity contribution in [2.45, 2.75) is 25.4 Å². The van der Waals surface area contributed by atoms with Crippen LogP contribution in [0.5, 0.6) is 0 Å². The van der Waals surface area contributed by atoms with Crippen LogP contribution in [0, 0.1) is 0 Å². The predicted molar refractivity (Wildman–Crippen MR) is 96.5 cm³/mol. The molecule has 2 N–H and O–H groups in total. The second kappa shape index (κ2) is 7.51. The zero-order chi connectivity index (χ0) is 16.2. The summed E-state index contributed by atoms with van der Waals surface area (Å²) in [5.74, 6) is 1.02. The van der Waals surface area contributed by atoms with Gasteiger partial charge >= 0.3 is 0 Å². The standard InChI is InChI=1S/C18H27N5O/c1-2-4-17-16(3-1)21-18(20-15-5-7-19-8-6-15)23(17)10-9-22-11-13-24-14-12-22/h1-4,15,19H,5-14H2,(H,20,21). The van der Waals surface area contributed by atoms with E-state index in [4.69, 9.17) is 9.72 Å². The van der Waals surface area contributed by atoms with Crippen LogP contribution in [0.15, 0.2) is 24.3 Å². The third-order valence-electron chi connectivity index (χ3n) is 5.07. The number of ether oxygens (including phenoxy) is 1. The summed E-state index contributed by atoms with van der Waals surface area (Å²) in [6.45, 7) is 7.96. The van der Waals surface area contributed by atoms with Gasteiger partial charge in [0.25, 0.3) is 0 Å². The Morgan fingerprint density at radius 2 is 1.92 bits per heavy atom. The molecule has 1 aromatic heterocycles. The molecular weight excluding hydrogens is 302 g/mol. The third kappa shape index (κ3) is 3.55. The second-order valence-electron chi connectivity index (χ2n) is 6.70. The number of hydrogen-bond acceptors (Lipinski definition) is 5. The normalized spacial score (nSPS) is 20.5. The molecule has 0 spiro atoms. The van der Waals surface area contributed by atoms with Gasteiger partial charge in [-0.15, -0.1) is 0 Å². The number of nitrogens with one attached hydrogen (secondary N) is 2. The van der Waals surface area contributed by atoms with Crippen molar-refractivity contribution < 1.29 is 4.74 Å². The van der Waals surface area contributed by atoms with Crippen LogP contribution < -0.4 is 10.6 Å². The number of para-hydroxylation sites is 2. The number of piperidine rings is 1. The molecule has 0 amide bonds. The first-order valence-electron chi connectivity index (χ1n) is 9.13. The van der Waals surface area contributed by atoms with Crippen molar-refractivity contribution in [2.24, 2.45) is 0 Å². The number of imidazole rings is 1. The lowest BCUT2D eigenvalue weighted by Gasteiger charge is -2.28. The highest BCUT2D eigenvalue weighted by Gasteiger charge is 2.18. The van der Waals surface area contributed by atoms with Gasteiger partial charge in [-0.2, -0.15) is 0 Å². The quantitative estimate of drug-likeness (QED) is 0.871. The Morgan fingerprint density at radius 3 is 2.75 bits per heavy atom. The number of benzene rings is 1. The van der Waals surface area contributed by atoms with Gasteiger partial charge in [0, 0.05) is 32.2 Å². The SMILES string of the molecule is c1ccc2c(c1)nc(NC1CCNCC1)n2CCN1CCOCC1. The van der Waals surface area contributed by atoms with Crippen LogP contribution in [0.1, 0.15) is 12.8 Å². The summed E-state index contributed by atoms with van der Waals surface area (Å²) in [5.41, 5.74) is 2.30. The van der Waals surface area contributed by atoms with Gasteiger partial charge in [0.1, 0.15) is 0 Å². The molecule has 0 bridgehead atoms. The van der Waals surface area contributed by atoms with Gasteiger partial charge in [-0.25, -0.2) is 4.98 Å². The zero-order valence-electron chi connectivity index (χ0n) is 14.2. The fraction of sp³-hybridized carbons (Fsp3) is 0.611. The number of nitrogens with zero attached hydrogens (tertiary/aromatic N) is 3. The van der Waals surface area contributed by atoms with Crippen molar-refractivity contribution in [2.75, 3.05) is 51.3 Å². The first kappa shape index (κ1) is 15.9. The molecule has 1 aromatic carbocycles. The van der Waals surface area contributed by atoms with E-state index in [0.717, 1.165) is 76.8 Å². The minimum absolute atomic E-state index is 0.519. The minimum Gasteiger partial charge on any atom is -0.379 e. The molecule has 2 aliphatic rings. The predicted octanol–water partition coefficient (Wildman–Crippen LogP) is 1.53. The Labute approximate surface area is 143 Å². The topological polar surface area (TPSA) is 54.4 Å². The third-order valence-corrected chi connectivity index (χ3v) is 5.07.